The van der Waals surface area contributed by atoms with Crippen molar-refractivity contribution in [2.45, 2.75) is 185 Å². The zero-order chi connectivity index (χ0) is 45.9. The second-order valence-electron chi connectivity index (χ2n) is 18.8. The number of nitrogens with one attached hydrogen (secondary N) is 1. The van der Waals surface area contributed by atoms with Crippen LogP contribution in [0, 0.1) is 17.8 Å². The number of anilines is 1. The molecule has 16 nitrogen and oxygen atoms in total. The molecule has 3 heterocycles. The summed E-state index contributed by atoms with van der Waals surface area (Å²) in [6.07, 6.45) is -9.85. The van der Waals surface area contributed by atoms with E-state index in [0.717, 1.165) is 0 Å². The first-order valence-electron chi connectivity index (χ1n) is 21.6. The van der Waals surface area contributed by atoms with Gasteiger partial charge in [-0.1, -0.05) is 32.4 Å². The molecule has 61 heavy (non-hydrogen) atoms. The van der Waals surface area contributed by atoms with Gasteiger partial charge in [-0.2, -0.15) is 0 Å². The number of esters is 1. The molecule has 6 N–H and O–H groups in total. The molecule has 1 aromatic carbocycles. The third kappa shape index (κ3) is 11.9. The van der Waals surface area contributed by atoms with Gasteiger partial charge in [0, 0.05) is 42.7 Å². The first-order valence-corrected chi connectivity index (χ1v) is 22.0. The molecular formula is C44H74ClN3O13. The maximum absolute atomic E-state index is 14.5. The fraction of sp³-hybridized carbons (Fsp3) is 0.818. The number of nitrogens with zero attached hydrogens (tertiary/aromatic N) is 2. The largest absolute Gasteiger partial charge is 0.459 e. The molecule has 18 atom stereocenters. The van der Waals surface area contributed by atoms with E-state index in [1.165, 1.54) is 18.9 Å². The number of carbonyl (C=O) groups is 2. The lowest BCUT2D eigenvalue weighted by molar-refractivity contribution is -0.318. The number of urea groups is 1. The van der Waals surface area contributed by atoms with Crippen molar-refractivity contribution in [2.24, 2.45) is 17.8 Å². The van der Waals surface area contributed by atoms with Crippen LogP contribution in [0.1, 0.15) is 94.9 Å². The van der Waals surface area contributed by atoms with Crippen molar-refractivity contribution in [1.82, 2.24) is 9.80 Å². The predicted molar refractivity (Wildman–Crippen MR) is 229 cm³/mol. The normalized spacial score (nSPS) is 43.6. The van der Waals surface area contributed by atoms with Crippen molar-refractivity contribution in [2.75, 3.05) is 33.1 Å². The van der Waals surface area contributed by atoms with E-state index in [9.17, 15) is 35.1 Å². The highest BCUT2D eigenvalue weighted by molar-refractivity contribution is 6.30. The fourth-order valence-electron chi connectivity index (χ4n) is 9.51. The second-order valence-corrected chi connectivity index (χ2v) is 19.3. The van der Waals surface area contributed by atoms with Gasteiger partial charge in [0.05, 0.1) is 47.6 Å². The van der Waals surface area contributed by atoms with Crippen LogP contribution in [0.4, 0.5) is 10.5 Å². The number of hydrogen-bond acceptors (Lipinski definition) is 14. The highest BCUT2D eigenvalue weighted by atomic mass is 35.5. The fourth-order valence-corrected chi connectivity index (χ4v) is 9.63. The first kappa shape index (κ1) is 51.4. The van der Waals surface area contributed by atoms with Gasteiger partial charge in [-0.05, 0) is 112 Å². The number of benzene rings is 1. The number of aliphatic hydroxyl groups is 5. The number of halogens is 1. The van der Waals surface area contributed by atoms with Gasteiger partial charge in [-0.3, -0.25) is 4.79 Å². The van der Waals surface area contributed by atoms with Gasteiger partial charge >= 0.3 is 12.0 Å². The van der Waals surface area contributed by atoms with E-state index in [-0.39, 0.29) is 38.0 Å². The molecule has 1 aromatic rings. The van der Waals surface area contributed by atoms with E-state index in [2.05, 4.69) is 5.32 Å². The number of hydrogen-bond donors (Lipinski definition) is 6. The monoisotopic (exact) mass is 887 g/mol. The van der Waals surface area contributed by atoms with Crippen LogP contribution in [0.15, 0.2) is 24.3 Å². The maximum atomic E-state index is 14.5. The number of methoxy groups -OCH3 is 1. The van der Waals surface area contributed by atoms with Gasteiger partial charge in [0.15, 0.2) is 12.6 Å². The number of likely N-dealkylation sites (N-methyl/N-ethyl adjacent to an activating group) is 1. The van der Waals surface area contributed by atoms with Crippen molar-refractivity contribution >= 4 is 29.3 Å². The molecule has 3 aliphatic heterocycles. The van der Waals surface area contributed by atoms with Crippen LogP contribution < -0.4 is 5.32 Å². The SMILES string of the molecule is CC[C@H]1OC(=O)[C@H](C)[C@@H](O[C@H]2C[C@@](C)(OC)[C@@H](O)[C@H](C)O2)[C@H](C)[C@@H](O[C@@H]2O[C@H](C)C[C@@H](N(C)C)[C@H]2O)[C@](C)(O)C[C@@H](C)CN(C(=O)Nc2ccc(Cl)cc2)[C@H](C)[C@@H](O)[C@]1(C)O. The minimum atomic E-state index is -2.06. The lowest BCUT2D eigenvalue weighted by atomic mass is 9.77. The van der Waals surface area contributed by atoms with E-state index < -0.39 is 108 Å². The van der Waals surface area contributed by atoms with Crippen LogP contribution in [0.5, 0.6) is 0 Å². The number of cyclic esters (lactones) is 1. The average molecular weight is 889 g/mol. The molecule has 2 amide bonds. The number of carbonyl (C=O) groups excluding carboxylic acids is 2. The van der Waals surface area contributed by atoms with Crippen LogP contribution in [0.25, 0.3) is 0 Å². The maximum Gasteiger partial charge on any atom is 0.322 e. The van der Waals surface area contributed by atoms with Gasteiger partial charge < -0.3 is 69.1 Å². The molecule has 350 valence electrons. The van der Waals surface area contributed by atoms with Gasteiger partial charge in [0.1, 0.15) is 30.0 Å². The smallest absolute Gasteiger partial charge is 0.322 e. The topological polar surface area (TPSA) is 209 Å². The molecule has 3 aliphatic rings. The Kier molecular flexibility index (Phi) is 17.5. The summed E-state index contributed by atoms with van der Waals surface area (Å²) in [5.74, 6) is -3.24. The Labute approximate surface area is 367 Å². The summed E-state index contributed by atoms with van der Waals surface area (Å²) >= 11 is 6.10. The molecule has 0 unspecified atom stereocenters. The summed E-state index contributed by atoms with van der Waals surface area (Å²) in [5.41, 5.74) is -4.45. The lowest BCUT2D eigenvalue weighted by Gasteiger charge is -2.48. The van der Waals surface area contributed by atoms with Gasteiger partial charge in [-0.15, -0.1) is 0 Å². The Balaban J connectivity index is 1.86. The molecule has 0 radical (unpaired) electrons. The predicted octanol–water partition coefficient (Wildman–Crippen LogP) is 4.16. The number of ether oxygens (including phenoxy) is 6. The Morgan fingerprint density at radius 2 is 1.59 bits per heavy atom. The van der Waals surface area contributed by atoms with Crippen LogP contribution in [-0.4, -0.2) is 165 Å². The summed E-state index contributed by atoms with van der Waals surface area (Å²) in [5, 5.41) is 62.8. The summed E-state index contributed by atoms with van der Waals surface area (Å²) in [4.78, 5) is 31.9. The summed E-state index contributed by atoms with van der Waals surface area (Å²) in [7, 11) is 5.20. The van der Waals surface area contributed by atoms with Crippen LogP contribution in [0.2, 0.25) is 5.02 Å². The highest BCUT2D eigenvalue weighted by Crippen LogP contribution is 2.40. The van der Waals surface area contributed by atoms with E-state index >= 15 is 0 Å². The van der Waals surface area contributed by atoms with Crippen LogP contribution >= 0.6 is 11.6 Å². The molecule has 3 fully saturated rings. The summed E-state index contributed by atoms with van der Waals surface area (Å²) in [6, 6.07) is 4.54. The van der Waals surface area contributed by atoms with Gasteiger partial charge in [0.2, 0.25) is 0 Å². The minimum Gasteiger partial charge on any atom is -0.459 e. The molecule has 0 spiro atoms. The quantitative estimate of drug-likeness (QED) is 0.203. The first-order chi connectivity index (χ1) is 28.3. The average Bonchev–Trinajstić information content (AvgIpc) is 3.18. The molecular weight excluding hydrogens is 814 g/mol. The van der Waals surface area contributed by atoms with Crippen molar-refractivity contribution < 1.29 is 63.5 Å². The lowest BCUT2D eigenvalue weighted by Crippen LogP contribution is -2.61. The molecule has 0 saturated carbocycles. The van der Waals surface area contributed by atoms with Crippen molar-refractivity contribution in [3.8, 4) is 0 Å². The number of amides is 2. The molecule has 0 bridgehead atoms. The Morgan fingerprint density at radius 3 is 2.16 bits per heavy atom. The second kappa shape index (κ2) is 20.8. The Hall–Kier alpha value is -2.19. The molecule has 4 rings (SSSR count). The van der Waals surface area contributed by atoms with Crippen molar-refractivity contribution in [1.29, 1.82) is 0 Å². The van der Waals surface area contributed by atoms with Crippen molar-refractivity contribution in [3.05, 3.63) is 29.3 Å². The van der Waals surface area contributed by atoms with E-state index in [4.69, 9.17) is 40.0 Å². The molecule has 0 aliphatic carbocycles. The van der Waals surface area contributed by atoms with Gasteiger partial charge in [-0.25, -0.2) is 4.79 Å². The molecule has 3 saturated heterocycles. The van der Waals surface area contributed by atoms with E-state index in [1.807, 2.05) is 32.8 Å². The Morgan fingerprint density at radius 1 is 0.967 bits per heavy atom. The third-order valence-electron chi connectivity index (χ3n) is 13.3. The molecule has 17 heteroatoms. The van der Waals surface area contributed by atoms with Crippen LogP contribution in [-0.2, 0) is 33.2 Å². The highest BCUT2D eigenvalue weighted by Gasteiger charge is 2.53. The zero-order valence-corrected chi connectivity index (χ0v) is 39.0. The van der Waals surface area contributed by atoms with Gasteiger partial charge in [0.25, 0.3) is 0 Å². The zero-order valence-electron chi connectivity index (χ0n) is 38.3. The summed E-state index contributed by atoms with van der Waals surface area (Å²) < 4.78 is 37.7. The summed E-state index contributed by atoms with van der Waals surface area (Å²) in [6.45, 7) is 16.8. The number of aliphatic hydroxyl groups excluding tert-OH is 3. The number of rotatable bonds is 8. The van der Waals surface area contributed by atoms with E-state index in [0.29, 0.717) is 17.1 Å². The standard InChI is InChI=1S/C44H74ClN3O13/c1-14-32-44(10,55)36(50)27(6)48(41(53)46-30-17-15-29(45)16-18-30)22-23(2)20-42(8,54)38(61-40-34(49)31(47(11)12)19-24(3)57-40)25(4)35(26(5)39(52)59-32)60-33-21-43(9,56-13)37(51)28(7)58-33/h15-18,23-28,31-38,40,49-51,54-55H,14,19-22H2,1-13H3,(H,46,53)/t23-,24-,25+,26-,27-,28+,31-,32-,33+,34-,35+,36-,37+,38-,40+,42-,43-,44-/m1/s1. The van der Waals surface area contributed by atoms with Crippen LogP contribution in [0.3, 0.4) is 0 Å². The third-order valence-corrected chi connectivity index (χ3v) is 13.5. The minimum absolute atomic E-state index is 0.00802. The molecule has 0 aromatic heterocycles. The van der Waals surface area contributed by atoms with Crippen molar-refractivity contribution in [3.63, 3.8) is 0 Å². The van der Waals surface area contributed by atoms with E-state index in [1.54, 1.807) is 72.7 Å². The Bertz CT molecular complexity index is 1590.